The summed E-state index contributed by atoms with van der Waals surface area (Å²) >= 11 is 0. The fraction of sp³-hybridized carbons (Fsp3) is 0.258. The fourth-order valence-corrected chi connectivity index (χ4v) is 4.03. The summed E-state index contributed by atoms with van der Waals surface area (Å²) in [6.45, 7) is 6.45. The number of ether oxygens (including phenoxy) is 5. The molecule has 4 rings (SSSR count). The highest BCUT2D eigenvalue weighted by Crippen LogP contribution is 2.36. The van der Waals surface area contributed by atoms with Gasteiger partial charge in [-0.05, 0) is 48.9 Å². The number of anilines is 1. The molecule has 2 aromatic carbocycles. The van der Waals surface area contributed by atoms with Crippen molar-refractivity contribution < 1.29 is 37.7 Å². The molecule has 2 aromatic heterocycles. The summed E-state index contributed by atoms with van der Waals surface area (Å²) in [6.07, 6.45) is 2.19. The standard InChI is InChI=1S/C31H33FN8O7/c1-18(2)17-47-31(42)37-27(33)20-7-9-21(10-8-20)36-26(28-38-30(44-5)40(39-28)29-34-11-6-12-35-29)23-15-22(43-4)16-24(25(23)32)46-14-13-45-19(3)41/h6-12,15-16,26,36H,1,13-14,17H2,2-5H3,(H2,33,37,42). The number of benzene rings is 2. The van der Waals surface area contributed by atoms with Gasteiger partial charge in [0, 0.05) is 42.2 Å². The number of rotatable bonds is 14. The van der Waals surface area contributed by atoms with Crippen molar-refractivity contribution in [2.75, 3.05) is 39.4 Å². The van der Waals surface area contributed by atoms with E-state index in [4.69, 9.17) is 29.4 Å². The van der Waals surface area contributed by atoms with E-state index in [1.54, 1.807) is 37.3 Å². The van der Waals surface area contributed by atoms with Crippen molar-refractivity contribution in [3.8, 4) is 23.5 Å². The van der Waals surface area contributed by atoms with Crippen molar-refractivity contribution in [2.45, 2.75) is 19.9 Å². The van der Waals surface area contributed by atoms with Gasteiger partial charge < -0.3 is 34.7 Å². The first kappa shape index (κ1) is 33.8. The third-order valence-electron chi connectivity index (χ3n) is 6.16. The molecule has 0 saturated heterocycles. The summed E-state index contributed by atoms with van der Waals surface area (Å²) in [5, 5.41) is 7.78. The molecule has 1 unspecified atom stereocenters. The fourth-order valence-electron chi connectivity index (χ4n) is 4.03. The van der Waals surface area contributed by atoms with E-state index in [0.717, 1.165) is 0 Å². The molecule has 0 radical (unpaired) electrons. The molecule has 0 aliphatic rings. The molecule has 0 fully saturated rings. The molecule has 0 saturated carbocycles. The van der Waals surface area contributed by atoms with Crippen LogP contribution in [0, 0.1) is 5.82 Å². The molecule has 4 aromatic rings. The van der Waals surface area contributed by atoms with Crippen LogP contribution in [0.4, 0.5) is 14.9 Å². The molecular formula is C31H33FN8O7. The van der Waals surface area contributed by atoms with Crippen LogP contribution in [0.5, 0.6) is 17.5 Å². The number of amides is 1. The molecule has 1 atom stereocenters. The molecule has 0 aliphatic carbocycles. The van der Waals surface area contributed by atoms with Crippen LogP contribution in [0.3, 0.4) is 0 Å². The van der Waals surface area contributed by atoms with E-state index < -0.39 is 23.9 Å². The molecule has 2 heterocycles. The number of carbonyl (C=O) groups excluding carboxylic acids is 2. The monoisotopic (exact) mass is 648 g/mol. The summed E-state index contributed by atoms with van der Waals surface area (Å²) in [6, 6.07) is 9.96. The van der Waals surface area contributed by atoms with Gasteiger partial charge in [-0.15, -0.1) is 9.78 Å². The predicted molar refractivity (Wildman–Crippen MR) is 167 cm³/mol. The molecule has 16 heteroatoms. The van der Waals surface area contributed by atoms with Crippen molar-refractivity contribution in [1.82, 2.24) is 24.7 Å². The zero-order valence-corrected chi connectivity index (χ0v) is 26.1. The number of nitrogens with one attached hydrogen (secondary N) is 1. The van der Waals surface area contributed by atoms with Gasteiger partial charge in [0.1, 0.15) is 37.4 Å². The summed E-state index contributed by atoms with van der Waals surface area (Å²) < 4.78 is 43.8. The topological polar surface area (TPSA) is 187 Å². The second-order valence-electron chi connectivity index (χ2n) is 9.80. The average molecular weight is 649 g/mol. The number of hydrogen-bond donors (Lipinski definition) is 2. The lowest BCUT2D eigenvalue weighted by Crippen LogP contribution is -2.18. The summed E-state index contributed by atoms with van der Waals surface area (Å²) in [7, 11) is 2.82. The van der Waals surface area contributed by atoms with E-state index in [0.29, 0.717) is 16.8 Å². The van der Waals surface area contributed by atoms with E-state index in [-0.39, 0.29) is 60.5 Å². The number of amidine groups is 1. The Bertz CT molecular complexity index is 1750. The number of methoxy groups -OCH3 is 2. The Morgan fingerprint density at radius 1 is 1.06 bits per heavy atom. The first-order valence-corrected chi connectivity index (χ1v) is 14.0. The predicted octanol–water partition coefficient (Wildman–Crippen LogP) is 3.78. The highest BCUT2D eigenvalue weighted by molar-refractivity contribution is 6.02. The number of hydrogen-bond acceptors (Lipinski definition) is 12. The minimum Gasteiger partial charge on any atom is -0.497 e. The Morgan fingerprint density at radius 2 is 1.79 bits per heavy atom. The second-order valence-corrected chi connectivity index (χ2v) is 9.80. The van der Waals surface area contributed by atoms with Crippen LogP contribution in [0.2, 0.25) is 0 Å². The number of nitrogens with zero attached hydrogens (tertiary/aromatic N) is 6. The maximum atomic E-state index is 16.2. The first-order chi connectivity index (χ1) is 22.6. The SMILES string of the molecule is C=C(C)COC(=O)N=C(N)c1ccc(NC(c2nc(OC)n(-c3ncccn3)n2)c2cc(OC)cc(OCCOC(C)=O)c2F)cc1. The zero-order chi connectivity index (χ0) is 33.9. The van der Waals surface area contributed by atoms with Crippen molar-refractivity contribution >= 4 is 23.6 Å². The maximum absolute atomic E-state index is 16.2. The highest BCUT2D eigenvalue weighted by Gasteiger charge is 2.28. The Hall–Kier alpha value is -6.06. The Balaban J connectivity index is 1.73. The largest absolute Gasteiger partial charge is 0.497 e. The molecule has 0 aliphatic heterocycles. The van der Waals surface area contributed by atoms with Gasteiger partial charge in [-0.3, -0.25) is 4.79 Å². The van der Waals surface area contributed by atoms with E-state index in [1.807, 2.05) is 0 Å². The van der Waals surface area contributed by atoms with Crippen LogP contribution in [0.25, 0.3) is 5.95 Å². The third-order valence-corrected chi connectivity index (χ3v) is 6.16. The molecule has 15 nitrogen and oxygen atoms in total. The lowest BCUT2D eigenvalue weighted by Gasteiger charge is -2.21. The Kier molecular flexibility index (Phi) is 11.4. The first-order valence-electron chi connectivity index (χ1n) is 14.0. The van der Waals surface area contributed by atoms with Crippen LogP contribution < -0.4 is 25.3 Å². The van der Waals surface area contributed by atoms with Crippen molar-refractivity contribution in [3.05, 3.63) is 89.8 Å². The molecule has 1 amide bonds. The molecular weight excluding hydrogens is 615 g/mol. The van der Waals surface area contributed by atoms with Gasteiger partial charge in [-0.2, -0.15) is 9.98 Å². The van der Waals surface area contributed by atoms with Gasteiger partial charge >= 0.3 is 18.1 Å². The molecule has 0 bridgehead atoms. The van der Waals surface area contributed by atoms with E-state index >= 15 is 4.39 Å². The van der Waals surface area contributed by atoms with Gasteiger partial charge in [0.2, 0.25) is 0 Å². The number of aliphatic imine (C=N–C) groups is 1. The minimum absolute atomic E-state index is 0.0185. The molecule has 246 valence electrons. The quantitative estimate of drug-likeness (QED) is 0.0662. The minimum atomic E-state index is -1.06. The third kappa shape index (κ3) is 9.00. The van der Waals surface area contributed by atoms with Gasteiger partial charge in [-0.25, -0.2) is 19.2 Å². The highest BCUT2D eigenvalue weighted by atomic mass is 19.1. The van der Waals surface area contributed by atoms with Gasteiger partial charge in [-0.1, -0.05) is 6.58 Å². The number of aromatic nitrogens is 5. The van der Waals surface area contributed by atoms with Crippen molar-refractivity contribution in [1.29, 1.82) is 0 Å². The number of carbonyl (C=O) groups is 2. The number of esters is 1. The van der Waals surface area contributed by atoms with Crippen LogP contribution in [0.1, 0.15) is 36.8 Å². The number of nitrogens with two attached hydrogens (primary N) is 1. The van der Waals surface area contributed by atoms with Gasteiger partial charge in [0.15, 0.2) is 17.4 Å². The lowest BCUT2D eigenvalue weighted by molar-refractivity contribution is -0.141. The van der Waals surface area contributed by atoms with Crippen LogP contribution in [-0.2, 0) is 14.3 Å². The van der Waals surface area contributed by atoms with Gasteiger partial charge in [0.05, 0.1) is 14.2 Å². The van der Waals surface area contributed by atoms with Crippen molar-refractivity contribution in [3.63, 3.8) is 0 Å². The Morgan fingerprint density at radius 3 is 2.43 bits per heavy atom. The van der Waals surface area contributed by atoms with Crippen LogP contribution in [0.15, 0.2) is 72.0 Å². The summed E-state index contributed by atoms with van der Waals surface area (Å²) in [5.74, 6) is -0.952. The summed E-state index contributed by atoms with van der Waals surface area (Å²) in [5.41, 5.74) is 7.63. The molecule has 3 N–H and O–H groups in total. The van der Waals surface area contributed by atoms with E-state index in [1.165, 1.54) is 50.4 Å². The molecule has 0 spiro atoms. The smallest absolute Gasteiger partial charge is 0.435 e. The molecule has 47 heavy (non-hydrogen) atoms. The van der Waals surface area contributed by atoms with E-state index in [2.05, 4.69) is 36.9 Å². The second kappa shape index (κ2) is 15.8. The normalized spacial score (nSPS) is 11.7. The van der Waals surface area contributed by atoms with Gasteiger partial charge in [0.25, 0.3) is 5.95 Å². The van der Waals surface area contributed by atoms with E-state index in [9.17, 15) is 9.59 Å². The average Bonchev–Trinajstić information content (AvgIpc) is 3.50. The maximum Gasteiger partial charge on any atom is 0.435 e. The zero-order valence-electron chi connectivity index (χ0n) is 26.1. The van der Waals surface area contributed by atoms with Crippen molar-refractivity contribution in [2.24, 2.45) is 10.7 Å². The summed E-state index contributed by atoms with van der Waals surface area (Å²) in [4.78, 5) is 39.8. The van der Waals surface area contributed by atoms with Crippen LogP contribution >= 0.6 is 0 Å². The lowest BCUT2D eigenvalue weighted by atomic mass is 10.0. The Labute approximate surface area is 269 Å². The number of halogens is 1. The van der Waals surface area contributed by atoms with Crippen LogP contribution in [-0.4, -0.2) is 76.7 Å².